The van der Waals surface area contributed by atoms with Crippen LogP contribution in [0.25, 0.3) is 11.1 Å². The van der Waals surface area contributed by atoms with Crippen LogP contribution in [0.1, 0.15) is 83.5 Å². The van der Waals surface area contributed by atoms with Crippen molar-refractivity contribution in [3.63, 3.8) is 0 Å². The van der Waals surface area contributed by atoms with Crippen LogP contribution in [0.3, 0.4) is 0 Å². The lowest BCUT2D eigenvalue weighted by atomic mass is 9.97. The molecule has 5 N–H and O–H groups in total. The van der Waals surface area contributed by atoms with Crippen molar-refractivity contribution in [3.05, 3.63) is 119 Å². The monoisotopic (exact) mass is 699 g/mol. The van der Waals surface area contributed by atoms with Gasteiger partial charge < -0.3 is 25.0 Å². The number of nitrogens with zero attached hydrogens (tertiary/aromatic N) is 1. The zero-order valence-electron chi connectivity index (χ0n) is 27.5. The third-order valence-electron chi connectivity index (χ3n) is 8.44. The van der Waals surface area contributed by atoms with E-state index in [9.17, 15) is 24.6 Å². The second-order valence-corrected chi connectivity index (χ2v) is 13.0. The van der Waals surface area contributed by atoms with Gasteiger partial charge in [-0.25, -0.2) is 15.3 Å². The summed E-state index contributed by atoms with van der Waals surface area (Å²) in [6.45, 7) is 0.318. The molecule has 3 aromatic carbocycles. The Labute approximate surface area is 295 Å². The lowest BCUT2D eigenvalue weighted by Crippen LogP contribution is -2.31. The number of thioether (sulfide) groups is 1. The molecule has 1 fully saturated rings. The molecule has 3 atom stereocenters. The molecule has 4 aromatic rings. The van der Waals surface area contributed by atoms with Gasteiger partial charge in [0.2, 0.25) is 11.8 Å². The van der Waals surface area contributed by atoms with Crippen LogP contribution < -0.4 is 10.8 Å². The minimum atomic E-state index is -1.03. The lowest BCUT2D eigenvalue weighted by molar-refractivity contribution is -0.245. The van der Waals surface area contributed by atoms with E-state index in [-0.39, 0.29) is 36.7 Å². The second kappa shape index (κ2) is 18.4. The summed E-state index contributed by atoms with van der Waals surface area (Å²) in [6.07, 6.45) is 3.44. The average molecular weight is 700 g/mol. The van der Waals surface area contributed by atoms with E-state index in [0.29, 0.717) is 49.4 Å². The molecule has 12 heteroatoms. The second-order valence-electron chi connectivity index (χ2n) is 12.0. The number of aliphatic hydroxyl groups excluding tert-OH is 1. The zero-order valence-corrected chi connectivity index (χ0v) is 28.3. The number of nitrogens with one attached hydrogen (secondary N) is 2. The van der Waals surface area contributed by atoms with Crippen LogP contribution in [-0.2, 0) is 32.2 Å². The highest BCUT2D eigenvalue weighted by Crippen LogP contribution is 2.40. The molecule has 0 bridgehead atoms. The first-order chi connectivity index (χ1) is 24.3. The van der Waals surface area contributed by atoms with Crippen LogP contribution in [0.15, 0.2) is 96.2 Å². The molecule has 3 unspecified atom stereocenters. The first-order valence-electron chi connectivity index (χ1n) is 16.5. The number of carboxylic acid groups (broad SMARTS) is 1. The van der Waals surface area contributed by atoms with E-state index in [0.717, 1.165) is 33.4 Å². The van der Waals surface area contributed by atoms with Crippen LogP contribution in [0, 0.1) is 0 Å². The predicted octanol–water partition coefficient (Wildman–Crippen LogP) is 6.35. The largest absolute Gasteiger partial charge is 0.478 e. The topological polar surface area (TPSA) is 167 Å². The number of hydrogen-bond donors (Lipinski definition) is 5. The van der Waals surface area contributed by atoms with Gasteiger partial charge >= 0.3 is 5.97 Å². The molecule has 1 saturated heterocycles. The molecule has 2 heterocycles. The molecule has 5 rings (SSSR count). The Hall–Kier alpha value is -4.59. The molecule has 262 valence electrons. The van der Waals surface area contributed by atoms with Gasteiger partial charge in [0.05, 0.1) is 24.4 Å². The highest BCUT2D eigenvalue weighted by Gasteiger charge is 2.32. The van der Waals surface area contributed by atoms with Crippen LogP contribution in [0.4, 0.5) is 0 Å². The number of benzene rings is 3. The lowest BCUT2D eigenvalue weighted by Gasteiger charge is -2.36. The number of aliphatic hydroxyl groups is 1. The number of hydrogen-bond acceptors (Lipinski definition) is 9. The van der Waals surface area contributed by atoms with Crippen LogP contribution in [0.2, 0.25) is 0 Å². The van der Waals surface area contributed by atoms with Crippen molar-refractivity contribution in [3.8, 4) is 11.1 Å². The highest BCUT2D eigenvalue weighted by molar-refractivity contribution is 7.99. The number of hydroxylamine groups is 1. The van der Waals surface area contributed by atoms with Crippen molar-refractivity contribution in [1.82, 2.24) is 15.8 Å². The summed E-state index contributed by atoms with van der Waals surface area (Å²) in [7, 11) is 0. The summed E-state index contributed by atoms with van der Waals surface area (Å²) in [5.41, 5.74) is 7.27. The summed E-state index contributed by atoms with van der Waals surface area (Å²) in [5.74, 6) is -1.05. The maximum Gasteiger partial charge on any atom is 0.338 e. The van der Waals surface area contributed by atoms with Gasteiger partial charge in [-0.1, -0.05) is 79.2 Å². The first kappa shape index (κ1) is 36.7. The normalized spacial score (nSPS) is 17.2. The summed E-state index contributed by atoms with van der Waals surface area (Å²) in [4.78, 5) is 39.7. The van der Waals surface area contributed by atoms with E-state index in [1.54, 1.807) is 17.7 Å². The van der Waals surface area contributed by atoms with Crippen molar-refractivity contribution in [2.45, 2.75) is 75.2 Å². The van der Waals surface area contributed by atoms with Gasteiger partial charge in [-0.15, -0.1) is 11.8 Å². The molecule has 1 aliphatic rings. The number of carbonyl (C=O) groups is 3. The quantitative estimate of drug-likeness (QED) is 0.0385. The van der Waals surface area contributed by atoms with E-state index in [2.05, 4.69) is 10.3 Å². The number of pyridine rings is 1. The Morgan fingerprint density at radius 3 is 2.28 bits per heavy atom. The summed E-state index contributed by atoms with van der Waals surface area (Å²) >= 11 is 1.34. The number of aromatic nitrogens is 1. The number of amides is 2. The van der Waals surface area contributed by atoms with E-state index in [4.69, 9.17) is 14.7 Å². The maximum atomic E-state index is 12.5. The maximum absolute atomic E-state index is 12.5. The first-order valence-corrected chi connectivity index (χ1v) is 17.5. The smallest absolute Gasteiger partial charge is 0.338 e. The van der Waals surface area contributed by atoms with Gasteiger partial charge in [0.1, 0.15) is 5.03 Å². The molecule has 0 spiro atoms. The third kappa shape index (κ3) is 10.2. The van der Waals surface area contributed by atoms with Crippen molar-refractivity contribution >= 4 is 29.5 Å². The van der Waals surface area contributed by atoms with Crippen LogP contribution >= 0.6 is 11.8 Å². The van der Waals surface area contributed by atoms with E-state index in [1.165, 1.54) is 17.8 Å². The molecular weight excluding hydrogens is 658 g/mol. The molecule has 11 nitrogen and oxygen atoms in total. The van der Waals surface area contributed by atoms with Gasteiger partial charge in [0.15, 0.2) is 6.29 Å². The molecular formula is C38H41N3O8S. The average Bonchev–Trinajstić information content (AvgIpc) is 3.16. The fourth-order valence-corrected chi connectivity index (χ4v) is 6.73. The Bertz CT molecular complexity index is 1740. The van der Waals surface area contributed by atoms with Gasteiger partial charge in [-0.05, 0) is 52.8 Å². The summed E-state index contributed by atoms with van der Waals surface area (Å²) < 4.78 is 12.9. The van der Waals surface area contributed by atoms with Crippen LogP contribution in [-0.4, -0.2) is 50.0 Å². The van der Waals surface area contributed by atoms with E-state index >= 15 is 0 Å². The van der Waals surface area contributed by atoms with E-state index in [1.807, 2.05) is 72.8 Å². The Kier molecular flexibility index (Phi) is 13.5. The van der Waals surface area contributed by atoms with E-state index < -0.39 is 18.2 Å². The Balaban J connectivity index is 1.26. The Morgan fingerprint density at radius 2 is 1.56 bits per heavy atom. The van der Waals surface area contributed by atoms with Crippen molar-refractivity contribution in [2.24, 2.45) is 0 Å². The summed E-state index contributed by atoms with van der Waals surface area (Å²) in [6, 6.07) is 26.6. The molecule has 0 saturated carbocycles. The summed E-state index contributed by atoms with van der Waals surface area (Å²) in [5, 5.41) is 31.1. The standard InChI is InChI=1S/C38H41N3O8S/c42-23-25-12-14-27(15-13-25)33-21-30(24-50-36-32(37(45)46)9-6-20-39-36)48-38(49-33)28-18-16-26(17-19-28)31-8-5-4-7-29(31)22-40-34(43)10-2-1-3-11-35(44)41-47/h4-9,12-20,30,33,38,42,47H,1-3,10-11,21-24H2,(H,40,43)(H,41,44)(H,45,46). The van der Waals surface area contributed by atoms with Crippen LogP contribution in [0.5, 0.6) is 0 Å². The van der Waals surface area contributed by atoms with Gasteiger partial charge in [-0.3, -0.25) is 14.8 Å². The molecule has 1 aromatic heterocycles. The number of carbonyl (C=O) groups excluding carboxylic acids is 2. The predicted molar refractivity (Wildman–Crippen MR) is 187 cm³/mol. The number of unbranched alkanes of at least 4 members (excludes halogenated alkanes) is 2. The van der Waals surface area contributed by atoms with Gasteiger partial charge in [0.25, 0.3) is 0 Å². The minimum Gasteiger partial charge on any atom is -0.478 e. The van der Waals surface area contributed by atoms with Crippen molar-refractivity contribution in [2.75, 3.05) is 5.75 Å². The Morgan fingerprint density at radius 1 is 0.840 bits per heavy atom. The molecule has 1 aliphatic heterocycles. The number of ether oxygens (including phenoxy) is 2. The number of aromatic carboxylic acids is 1. The molecule has 50 heavy (non-hydrogen) atoms. The van der Waals surface area contributed by atoms with Gasteiger partial charge in [-0.2, -0.15) is 0 Å². The molecule has 0 radical (unpaired) electrons. The SMILES string of the molecule is O=C(CCCCCC(=O)NCc1ccccc1-c1ccc(C2OC(CSc3ncccc3C(=O)O)CC(c3ccc(CO)cc3)O2)cc1)NO. The highest BCUT2D eigenvalue weighted by atomic mass is 32.2. The molecule has 2 amide bonds. The number of carboxylic acids is 1. The van der Waals surface area contributed by atoms with Crippen molar-refractivity contribution in [1.29, 1.82) is 0 Å². The fraction of sp³-hybridized carbons (Fsp3) is 0.316. The van der Waals surface area contributed by atoms with Crippen molar-refractivity contribution < 1.29 is 39.3 Å². The third-order valence-corrected chi connectivity index (χ3v) is 9.58. The molecule has 0 aliphatic carbocycles. The fourth-order valence-electron chi connectivity index (χ4n) is 5.73. The minimum absolute atomic E-state index is 0.0519. The number of rotatable bonds is 16. The van der Waals surface area contributed by atoms with Gasteiger partial charge in [0, 0.05) is 43.3 Å². The zero-order chi connectivity index (χ0) is 35.3.